The first-order chi connectivity index (χ1) is 5.27. The fourth-order valence-corrected chi connectivity index (χ4v) is 1.78. The van der Waals surface area contributed by atoms with E-state index >= 15 is 0 Å². The Kier molecular flexibility index (Phi) is 1.22. The van der Waals surface area contributed by atoms with E-state index < -0.39 is 0 Å². The summed E-state index contributed by atoms with van der Waals surface area (Å²) in [5.74, 6) is 0. The summed E-state index contributed by atoms with van der Waals surface area (Å²) in [5.41, 5.74) is 12.9. The summed E-state index contributed by atoms with van der Waals surface area (Å²) in [7, 11) is 0. The van der Waals surface area contributed by atoms with Crippen LogP contribution in [-0.4, -0.2) is 4.98 Å². The Labute approximate surface area is 67.7 Å². The predicted octanol–water partition coefficient (Wildman–Crippen LogP) is 1.46. The van der Waals surface area contributed by atoms with Gasteiger partial charge < -0.3 is 11.5 Å². The molecule has 0 radical (unpaired) electrons. The number of thiophene rings is 1. The molecule has 0 atom stereocenters. The highest BCUT2D eigenvalue weighted by molar-refractivity contribution is 7.23. The van der Waals surface area contributed by atoms with E-state index in [-0.39, 0.29) is 0 Å². The van der Waals surface area contributed by atoms with Gasteiger partial charge in [-0.25, -0.2) is 0 Å². The molecular formula is C7H7N3S. The molecule has 0 amide bonds. The Morgan fingerprint density at radius 3 is 2.91 bits per heavy atom. The fourth-order valence-electron chi connectivity index (χ4n) is 0.976. The highest BCUT2D eigenvalue weighted by Gasteiger charge is 2.01. The molecule has 2 heterocycles. The molecule has 4 N–H and O–H groups in total. The van der Waals surface area contributed by atoms with Crippen molar-refractivity contribution in [2.24, 2.45) is 0 Å². The van der Waals surface area contributed by atoms with Crippen molar-refractivity contribution in [3.63, 3.8) is 0 Å². The van der Waals surface area contributed by atoms with Gasteiger partial charge in [0.05, 0.1) is 20.9 Å². The number of nitrogen functional groups attached to an aromatic ring is 2. The molecule has 2 rings (SSSR count). The number of nitrogens with zero attached hydrogens (tertiary/aromatic N) is 1. The Balaban J connectivity index is 2.90. The van der Waals surface area contributed by atoms with Crippen molar-refractivity contribution < 1.29 is 0 Å². The van der Waals surface area contributed by atoms with E-state index in [2.05, 4.69) is 4.98 Å². The molecule has 11 heavy (non-hydrogen) atoms. The van der Waals surface area contributed by atoms with Gasteiger partial charge in [0.1, 0.15) is 0 Å². The summed E-state index contributed by atoms with van der Waals surface area (Å²) in [4.78, 5) is 4.11. The molecule has 0 unspecified atom stereocenters. The van der Waals surface area contributed by atoms with Gasteiger partial charge in [-0.2, -0.15) is 0 Å². The summed E-state index contributed by atoms with van der Waals surface area (Å²) in [5, 5.41) is 0.755. The van der Waals surface area contributed by atoms with Crippen LogP contribution in [0.3, 0.4) is 0 Å². The van der Waals surface area contributed by atoms with Crippen molar-refractivity contribution in [3.05, 3.63) is 18.3 Å². The molecule has 0 aliphatic heterocycles. The van der Waals surface area contributed by atoms with Crippen LogP contribution in [0.5, 0.6) is 0 Å². The Hall–Kier alpha value is -1.29. The number of fused-ring (bicyclic) bond motifs is 1. The summed E-state index contributed by atoms with van der Waals surface area (Å²) >= 11 is 1.47. The smallest absolute Gasteiger partial charge is 0.0885 e. The second kappa shape index (κ2) is 2.10. The first kappa shape index (κ1) is 6.42. The predicted molar refractivity (Wildman–Crippen MR) is 48.4 cm³/mol. The van der Waals surface area contributed by atoms with Crippen LogP contribution in [0.4, 0.5) is 10.7 Å². The third kappa shape index (κ3) is 0.914. The molecule has 0 spiro atoms. The van der Waals surface area contributed by atoms with Gasteiger partial charge in [0.15, 0.2) is 0 Å². The van der Waals surface area contributed by atoms with E-state index in [1.54, 1.807) is 12.3 Å². The summed E-state index contributed by atoms with van der Waals surface area (Å²) < 4.78 is 0.977. The van der Waals surface area contributed by atoms with Crippen molar-refractivity contribution in [2.45, 2.75) is 0 Å². The third-order valence-corrected chi connectivity index (χ3v) is 2.46. The van der Waals surface area contributed by atoms with Gasteiger partial charge in [0.2, 0.25) is 0 Å². The van der Waals surface area contributed by atoms with E-state index in [4.69, 9.17) is 11.5 Å². The maximum Gasteiger partial charge on any atom is 0.0885 e. The molecule has 4 heteroatoms. The Morgan fingerprint density at radius 2 is 2.18 bits per heavy atom. The van der Waals surface area contributed by atoms with Crippen LogP contribution in [0.15, 0.2) is 18.3 Å². The molecule has 2 aromatic heterocycles. The molecule has 0 aromatic carbocycles. The van der Waals surface area contributed by atoms with Crippen molar-refractivity contribution >= 4 is 32.2 Å². The number of anilines is 2. The third-order valence-electron chi connectivity index (χ3n) is 1.46. The average Bonchev–Trinajstić information content (AvgIpc) is 2.31. The minimum atomic E-state index is 0.747. The quantitative estimate of drug-likeness (QED) is 0.621. The number of aromatic nitrogens is 1. The first-order valence-electron chi connectivity index (χ1n) is 3.17. The van der Waals surface area contributed by atoms with Gasteiger partial charge in [0, 0.05) is 6.20 Å². The first-order valence-corrected chi connectivity index (χ1v) is 3.98. The zero-order chi connectivity index (χ0) is 7.84. The largest absolute Gasteiger partial charge is 0.397 e. The highest BCUT2D eigenvalue weighted by Crippen LogP contribution is 2.29. The van der Waals surface area contributed by atoms with Crippen LogP contribution in [0, 0.1) is 0 Å². The van der Waals surface area contributed by atoms with Crippen LogP contribution in [0.2, 0.25) is 0 Å². The summed E-state index contributed by atoms with van der Waals surface area (Å²) in [6.07, 6.45) is 1.68. The molecule has 0 saturated carbocycles. The highest BCUT2D eigenvalue weighted by atomic mass is 32.1. The SMILES string of the molecule is Nc1cc2nccc(N)c2s1. The number of nitrogens with two attached hydrogens (primary N) is 2. The van der Waals surface area contributed by atoms with E-state index in [1.807, 2.05) is 6.07 Å². The van der Waals surface area contributed by atoms with Gasteiger partial charge >= 0.3 is 0 Å². The summed E-state index contributed by atoms with van der Waals surface area (Å²) in [6.45, 7) is 0. The van der Waals surface area contributed by atoms with Gasteiger partial charge in [-0.1, -0.05) is 0 Å². The van der Waals surface area contributed by atoms with Crippen molar-refractivity contribution in [2.75, 3.05) is 11.5 Å². The second-order valence-electron chi connectivity index (χ2n) is 2.26. The lowest BCUT2D eigenvalue weighted by Crippen LogP contribution is -1.83. The van der Waals surface area contributed by atoms with Gasteiger partial charge in [0.25, 0.3) is 0 Å². The molecular weight excluding hydrogens is 158 g/mol. The monoisotopic (exact) mass is 165 g/mol. The Bertz CT molecular complexity index is 393. The minimum absolute atomic E-state index is 0.747. The molecule has 0 aliphatic carbocycles. The van der Waals surface area contributed by atoms with E-state index in [9.17, 15) is 0 Å². The Morgan fingerprint density at radius 1 is 1.36 bits per heavy atom. The van der Waals surface area contributed by atoms with Crippen LogP contribution in [0.25, 0.3) is 10.2 Å². The molecule has 0 bridgehead atoms. The maximum atomic E-state index is 5.68. The molecule has 0 fully saturated rings. The van der Waals surface area contributed by atoms with E-state index in [0.29, 0.717) is 0 Å². The number of pyridine rings is 1. The lowest BCUT2D eigenvalue weighted by molar-refractivity contribution is 1.43. The zero-order valence-corrected chi connectivity index (χ0v) is 6.56. The van der Waals surface area contributed by atoms with Gasteiger partial charge in [-0.05, 0) is 12.1 Å². The molecule has 0 aliphatic rings. The minimum Gasteiger partial charge on any atom is -0.397 e. The average molecular weight is 165 g/mol. The molecule has 56 valence electrons. The topological polar surface area (TPSA) is 64.9 Å². The molecule has 3 nitrogen and oxygen atoms in total. The number of hydrogen-bond donors (Lipinski definition) is 2. The normalized spacial score (nSPS) is 10.5. The number of rotatable bonds is 0. The standard InChI is InChI=1S/C7H7N3S/c8-4-1-2-10-5-3-6(9)11-7(4)5/h1-3H,9H2,(H2,8,10). The zero-order valence-electron chi connectivity index (χ0n) is 5.74. The van der Waals surface area contributed by atoms with E-state index in [1.165, 1.54) is 11.3 Å². The van der Waals surface area contributed by atoms with Gasteiger partial charge in [-0.15, -0.1) is 11.3 Å². The van der Waals surface area contributed by atoms with E-state index in [0.717, 1.165) is 20.9 Å². The van der Waals surface area contributed by atoms with Crippen molar-refractivity contribution in [3.8, 4) is 0 Å². The lowest BCUT2D eigenvalue weighted by Gasteiger charge is -1.91. The molecule has 0 saturated heterocycles. The summed E-state index contributed by atoms with van der Waals surface area (Å²) in [6, 6.07) is 3.61. The second-order valence-corrected chi connectivity index (χ2v) is 3.35. The van der Waals surface area contributed by atoms with Crippen LogP contribution in [-0.2, 0) is 0 Å². The number of hydrogen-bond acceptors (Lipinski definition) is 4. The van der Waals surface area contributed by atoms with Crippen molar-refractivity contribution in [1.29, 1.82) is 0 Å². The van der Waals surface area contributed by atoms with Crippen LogP contribution >= 0.6 is 11.3 Å². The maximum absolute atomic E-state index is 5.68. The van der Waals surface area contributed by atoms with Crippen LogP contribution < -0.4 is 11.5 Å². The van der Waals surface area contributed by atoms with Crippen LogP contribution in [0.1, 0.15) is 0 Å². The van der Waals surface area contributed by atoms with Gasteiger partial charge in [-0.3, -0.25) is 4.98 Å². The lowest BCUT2D eigenvalue weighted by atomic mass is 10.3. The fraction of sp³-hybridized carbons (Fsp3) is 0. The molecule has 2 aromatic rings. The van der Waals surface area contributed by atoms with Crippen molar-refractivity contribution in [1.82, 2.24) is 4.98 Å².